The van der Waals surface area contributed by atoms with Crippen LogP contribution in [0.15, 0.2) is 0 Å². The van der Waals surface area contributed by atoms with E-state index in [-0.39, 0.29) is 11.5 Å². The van der Waals surface area contributed by atoms with Gasteiger partial charge in [0.1, 0.15) is 0 Å². The van der Waals surface area contributed by atoms with Crippen LogP contribution in [0.2, 0.25) is 0 Å². The van der Waals surface area contributed by atoms with Crippen LogP contribution in [0.4, 0.5) is 0 Å². The molecule has 0 amide bonds. The van der Waals surface area contributed by atoms with Gasteiger partial charge in [-0.15, -0.1) is 0 Å². The summed E-state index contributed by atoms with van der Waals surface area (Å²) in [6.45, 7) is 17.6. The monoisotopic (exact) mass is 308 g/mol. The Balaban J connectivity index is 3.25. The number of aromatic hydroxyl groups is 2. The number of phenols is 2. The average Bonchev–Trinajstić information content (AvgIpc) is 2.54. The van der Waals surface area contributed by atoms with Gasteiger partial charge in [0.2, 0.25) is 0 Å². The molecule has 0 saturated heterocycles. The van der Waals surface area contributed by atoms with Gasteiger partial charge in [0.15, 0.2) is 11.5 Å². The number of nitrogens with zero attached hydrogens (tertiary/aromatic N) is 2. The van der Waals surface area contributed by atoms with E-state index in [1.807, 2.05) is 13.8 Å². The van der Waals surface area contributed by atoms with E-state index >= 15 is 0 Å². The molecule has 0 saturated carbocycles. The van der Waals surface area contributed by atoms with Gasteiger partial charge in [0.25, 0.3) is 0 Å². The van der Waals surface area contributed by atoms with Gasteiger partial charge in [-0.2, -0.15) is 0 Å². The molecule has 1 rings (SSSR count). The van der Waals surface area contributed by atoms with Crippen LogP contribution >= 0.6 is 0 Å². The first-order valence-electron chi connectivity index (χ1n) is 8.38. The Hall–Kier alpha value is -1.26. The summed E-state index contributed by atoms with van der Waals surface area (Å²) in [6.07, 6.45) is 0. The molecule has 2 N–H and O–H groups in total. The molecule has 4 heteroatoms. The van der Waals surface area contributed by atoms with Crippen molar-refractivity contribution in [3.05, 3.63) is 22.3 Å². The van der Waals surface area contributed by atoms with Crippen LogP contribution in [0.25, 0.3) is 0 Å². The third-order valence-electron chi connectivity index (χ3n) is 4.82. The molecule has 0 bridgehead atoms. The van der Waals surface area contributed by atoms with E-state index < -0.39 is 0 Å². The summed E-state index contributed by atoms with van der Waals surface area (Å²) in [4.78, 5) is 4.48. The predicted octanol–water partition coefficient (Wildman–Crippen LogP) is 3.40. The summed E-state index contributed by atoms with van der Waals surface area (Å²) >= 11 is 0. The second-order valence-corrected chi connectivity index (χ2v) is 5.83. The van der Waals surface area contributed by atoms with Crippen molar-refractivity contribution in [1.29, 1.82) is 0 Å². The van der Waals surface area contributed by atoms with Crippen molar-refractivity contribution in [1.82, 2.24) is 9.80 Å². The summed E-state index contributed by atoms with van der Waals surface area (Å²) < 4.78 is 0. The lowest BCUT2D eigenvalue weighted by Gasteiger charge is -2.25. The van der Waals surface area contributed by atoms with Crippen LogP contribution in [0, 0.1) is 13.8 Å². The molecule has 0 atom stereocenters. The van der Waals surface area contributed by atoms with Gasteiger partial charge in [-0.3, -0.25) is 9.80 Å². The highest BCUT2D eigenvalue weighted by molar-refractivity contribution is 5.57. The van der Waals surface area contributed by atoms with Crippen molar-refractivity contribution in [3.63, 3.8) is 0 Å². The molecule has 0 spiro atoms. The summed E-state index contributed by atoms with van der Waals surface area (Å²) in [7, 11) is 0. The van der Waals surface area contributed by atoms with Crippen LogP contribution < -0.4 is 0 Å². The number of phenolic OH excluding ortho intramolecular Hbond substituents is 2. The second kappa shape index (κ2) is 8.39. The maximum absolute atomic E-state index is 10.5. The van der Waals surface area contributed by atoms with Gasteiger partial charge in [0.05, 0.1) is 0 Å². The largest absolute Gasteiger partial charge is 0.504 e. The van der Waals surface area contributed by atoms with Crippen LogP contribution in [0.3, 0.4) is 0 Å². The van der Waals surface area contributed by atoms with Crippen LogP contribution in [-0.4, -0.2) is 46.2 Å². The number of hydrogen-bond acceptors (Lipinski definition) is 4. The van der Waals surface area contributed by atoms with E-state index in [4.69, 9.17) is 0 Å². The van der Waals surface area contributed by atoms with Gasteiger partial charge < -0.3 is 10.2 Å². The van der Waals surface area contributed by atoms with Gasteiger partial charge in [-0.1, -0.05) is 27.7 Å². The number of hydrogen-bond donors (Lipinski definition) is 2. The molecule has 1 aromatic carbocycles. The first-order chi connectivity index (χ1) is 10.4. The first kappa shape index (κ1) is 18.8. The fraction of sp³-hybridized carbons (Fsp3) is 0.667. The minimum Gasteiger partial charge on any atom is -0.504 e. The Morgan fingerprint density at radius 1 is 0.636 bits per heavy atom. The summed E-state index contributed by atoms with van der Waals surface area (Å²) in [6, 6.07) is 0. The van der Waals surface area contributed by atoms with Crippen LogP contribution in [0.5, 0.6) is 11.5 Å². The van der Waals surface area contributed by atoms with E-state index in [2.05, 4.69) is 37.5 Å². The highest BCUT2D eigenvalue weighted by atomic mass is 16.3. The lowest BCUT2D eigenvalue weighted by atomic mass is 9.94. The van der Waals surface area contributed by atoms with E-state index in [0.29, 0.717) is 13.1 Å². The summed E-state index contributed by atoms with van der Waals surface area (Å²) in [5.41, 5.74) is 3.87. The standard InChI is InChI=1S/C18H32N2O2/c1-7-19(8-2)11-15-13(5)14(6)16(18(22)17(15)21)12-20(9-3)10-4/h21-22H,7-12H2,1-6H3. The number of rotatable bonds is 8. The van der Waals surface area contributed by atoms with Crippen molar-refractivity contribution < 1.29 is 10.2 Å². The summed E-state index contributed by atoms with van der Waals surface area (Å²) in [5.74, 6) is 0.106. The van der Waals surface area contributed by atoms with E-state index in [0.717, 1.165) is 48.4 Å². The minimum atomic E-state index is 0.0529. The van der Waals surface area contributed by atoms with Crippen LogP contribution in [-0.2, 0) is 13.1 Å². The molecule has 4 nitrogen and oxygen atoms in total. The topological polar surface area (TPSA) is 46.9 Å². The third-order valence-corrected chi connectivity index (χ3v) is 4.82. The Morgan fingerprint density at radius 3 is 1.14 bits per heavy atom. The molecule has 0 unspecified atom stereocenters. The quantitative estimate of drug-likeness (QED) is 0.723. The lowest BCUT2D eigenvalue weighted by Crippen LogP contribution is -2.24. The average molecular weight is 308 g/mol. The molecule has 126 valence electrons. The first-order valence-corrected chi connectivity index (χ1v) is 8.38. The fourth-order valence-electron chi connectivity index (χ4n) is 2.82. The highest BCUT2D eigenvalue weighted by Crippen LogP contribution is 2.39. The molecular formula is C18H32N2O2. The van der Waals surface area contributed by atoms with Crippen molar-refractivity contribution in [3.8, 4) is 11.5 Å². The third kappa shape index (κ3) is 3.93. The Labute approximate surface area is 135 Å². The van der Waals surface area contributed by atoms with Gasteiger partial charge in [0, 0.05) is 24.2 Å². The maximum atomic E-state index is 10.5. The highest BCUT2D eigenvalue weighted by Gasteiger charge is 2.21. The lowest BCUT2D eigenvalue weighted by molar-refractivity contribution is 0.280. The molecular weight excluding hydrogens is 276 g/mol. The second-order valence-electron chi connectivity index (χ2n) is 5.83. The maximum Gasteiger partial charge on any atom is 0.162 e. The Bertz CT molecular complexity index is 418. The van der Waals surface area contributed by atoms with Gasteiger partial charge in [-0.05, 0) is 51.2 Å². The summed E-state index contributed by atoms with van der Waals surface area (Å²) in [5, 5.41) is 21.0. The Kier molecular flexibility index (Phi) is 7.17. The van der Waals surface area contributed by atoms with Crippen molar-refractivity contribution in [2.75, 3.05) is 26.2 Å². The van der Waals surface area contributed by atoms with Crippen LogP contribution in [0.1, 0.15) is 49.9 Å². The molecule has 0 aromatic heterocycles. The molecule has 0 aliphatic rings. The predicted molar refractivity (Wildman–Crippen MR) is 92.5 cm³/mol. The van der Waals surface area contributed by atoms with E-state index in [9.17, 15) is 10.2 Å². The molecule has 22 heavy (non-hydrogen) atoms. The van der Waals surface area contributed by atoms with Gasteiger partial charge in [-0.25, -0.2) is 0 Å². The smallest absolute Gasteiger partial charge is 0.162 e. The Morgan fingerprint density at radius 2 is 0.909 bits per heavy atom. The zero-order valence-electron chi connectivity index (χ0n) is 15.0. The minimum absolute atomic E-state index is 0.0529. The molecule has 0 aliphatic heterocycles. The molecule has 1 aromatic rings. The van der Waals surface area contributed by atoms with E-state index in [1.54, 1.807) is 0 Å². The molecule has 0 radical (unpaired) electrons. The SMILES string of the molecule is CCN(CC)Cc1c(C)c(C)c(CN(CC)CC)c(O)c1O. The zero-order chi connectivity index (χ0) is 16.9. The normalized spacial score (nSPS) is 11.6. The fourth-order valence-corrected chi connectivity index (χ4v) is 2.82. The number of benzene rings is 1. The van der Waals surface area contributed by atoms with Gasteiger partial charge >= 0.3 is 0 Å². The molecule has 0 heterocycles. The van der Waals surface area contributed by atoms with Crippen molar-refractivity contribution >= 4 is 0 Å². The molecule has 0 aliphatic carbocycles. The van der Waals surface area contributed by atoms with Crippen molar-refractivity contribution in [2.45, 2.75) is 54.6 Å². The van der Waals surface area contributed by atoms with Crippen molar-refractivity contribution in [2.24, 2.45) is 0 Å². The molecule has 0 fully saturated rings. The van der Waals surface area contributed by atoms with E-state index in [1.165, 1.54) is 0 Å². The zero-order valence-corrected chi connectivity index (χ0v) is 15.0.